The van der Waals surface area contributed by atoms with Crippen molar-refractivity contribution in [3.05, 3.63) is 0 Å². The van der Waals surface area contributed by atoms with Gasteiger partial charge in [-0.2, -0.15) is 0 Å². The number of likely N-dealkylation sites (N-methyl/N-ethyl adjacent to an activating group) is 1. The summed E-state index contributed by atoms with van der Waals surface area (Å²) >= 11 is 0. The molecule has 2 N–H and O–H groups in total. The Morgan fingerprint density at radius 2 is 0.891 bits per heavy atom. The second-order valence-electron chi connectivity index (χ2n) is 17.8. The topological polar surface area (TPSA) is 108 Å². The second kappa shape index (κ2) is 39.0. The predicted octanol–water partition coefficient (Wildman–Crippen LogP) is 12.7. The van der Waals surface area contributed by atoms with Crippen molar-refractivity contribution < 1.29 is 32.9 Å². The Morgan fingerprint density at radius 1 is 0.564 bits per heavy atom. The third kappa shape index (κ3) is 41.5. The van der Waals surface area contributed by atoms with Crippen LogP contribution < -0.4 is 10.2 Å². The molecule has 0 aliphatic rings. The number of nitrogens with one attached hydrogen (secondary N) is 1. The zero-order valence-corrected chi connectivity index (χ0v) is 38.3. The van der Waals surface area contributed by atoms with Crippen molar-refractivity contribution in [1.29, 1.82) is 0 Å². The van der Waals surface area contributed by atoms with E-state index in [4.69, 9.17) is 9.05 Å². The SMILES string of the molecule is CCCCCCCCCCCCCCCCCCCC(O)C(COP(=O)([O-])OCC[N+](C)(C)C)NC(=O)CCCCCCCCCCCCCCCCCC. The summed E-state index contributed by atoms with van der Waals surface area (Å²) in [5, 5.41) is 13.9. The van der Waals surface area contributed by atoms with Crippen LogP contribution in [0.3, 0.4) is 0 Å². The zero-order valence-electron chi connectivity index (χ0n) is 37.4. The fraction of sp³-hybridized carbons (Fsp3) is 0.978. The van der Waals surface area contributed by atoms with Crippen LogP contribution >= 0.6 is 7.82 Å². The molecule has 0 aliphatic carbocycles. The van der Waals surface area contributed by atoms with Gasteiger partial charge >= 0.3 is 0 Å². The van der Waals surface area contributed by atoms with E-state index in [0.717, 1.165) is 38.5 Å². The first-order valence-electron chi connectivity index (χ1n) is 23.9. The van der Waals surface area contributed by atoms with Gasteiger partial charge in [-0.15, -0.1) is 0 Å². The van der Waals surface area contributed by atoms with Gasteiger partial charge in [-0.3, -0.25) is 9.36 Å². The number of aliphatic hydroxyl groups is 1. The van der Waals surface area contributed by atoms with Crippen molar-refractivity contribution in [2.45, 2.75) is 251 Å². The number of unbranched alkanes of at least 4 members (excludes halogenated alkanes) is 31. The normalized spacial score (nSPS) is 14.2. The van der Waals surface area contributed by atoms with E-state index in [1.165, 1.54) is 173 Å². The monoisotopic (exact) mass is 803 g/mol. The Labute approximate surface area is 342 Å². The van der Waals surface area contributed by atoms with Crippen molar-refractivity contribution in [2.24, 2.45) is 0 Å². The molecule has 0 aromatic heterocycles. The molecule has 3 unspecified atom stereocenters. The maximum atomic E-state index is 12.9. The molecule has 1 amide bonds. The average Bonchev–Trinajstić information content (AvgIpc) is 3.13. The van der Waals surface area contributed by atoms with Gasteiger partial charge in [0.1, 0.15) is 13.2 Å². The lowest BCUT2D eigenvalue weighted by Crippen LogP contribution is -2.46. The van der Waals surface area contributed by atoms with Gasteiger partial charge in [0, 0.05) is 6.42 Å². The van der Waals surface area contributed by atoms with Crippen LogP contribution in [0.15, 0.2) is 0 Å². The van der Waals surface area contributed by atoms with Crippen LogP contribution in [0.25, 0.3) is 0 Å². The van der Waals surface area contributed by atoms with Crippen LogP contribution in [-0.2, 0) is 18.4 Å². The highest BCUT2D eigenvalue weighted by Crippen LogP contribution is 2.38. The highest BCUT2D eigenvalue weighted by atomic mass is 31.2. The lowest BCUT2D eigenvalue weighted by atomic mass is 10.0. The van der Waals surface area contributed by atoms with Crippen LogP contribution in [0.5, 0.6) is 0 Å². The summed E-state index contributed by atoms with van der Waals surface area (Å²) in [7, 11) is 1.32. The minimum Gasteiger partial charge on any atom is -0.756 e. The highest BCUT2D eigenvalue weighted by molar-refractivity contribution is 7.45. The molecule has 0 rings (SSSR count). The summed E-state index contributed by atoms with van der Waals surface area (Å²) in [6, 6.07) is -0.793. The number of hydrogen-bond acceptors (Lipinski definition) is 6. The van der Waals surface area contributed by atoms with Crippen molar-refractivity contribution in [1.82, 2.24) is 5.32 Å². The summed E-state index contributed by atoms with van der Waals surface area (Å²) in [4.78, 5) is 25.4. The first kappa shape index (κ1) is 54.5. The molecular weight excluding hydrogens is 707 g/mol. The molecular formula is C46H95N2O6P. The van der Waals surface area contributed by atoms with E-state index in [1.807, 2.05) is 21.1 Å². The number of hydrogen-bond donors (Lipinski definition) is 2. The predicted molar refractivity (Wildman–Crippen MR) is 233 cm³/mol. The van der Waals surface area contributed by atoms with Crippen LogP contribution in [0, 0.1) is 0 Å². The summed E-state index contributed by atoms with van der Waals surface area (Å²) in [6.07, 6.45) is 42.4. The fourth-order valence-corrected chi connectivity index (χ4v) is 8.00. The Hall–Kier alpha value is -0.500. The second-order valence-corrected chi connectivity index (χ2v) is 19.2. The third-order valence-corrected chi connectivity index (χ3v) is 12.1. The lowest BCUT2D eigenvalue weighted by Gasteiger charge is -2.30. The summed E-state index contributed by atoms with van der Waals surface area (Å²) in [6.45, 7) is 4.75. The number of rotatable bonds is 44. The van der Waals surface area contributed by atoms with Crippen LogP contribution in [-0.4, -0.2) is 68.5 Å². The smallest absolute Gasteiger partial charge is 0.268 e. The average molecular weight is 803 g/mol. The zero-order chi connectivity index (χ0) is 40.7. The third-order valence-electron chi connectivity index (χ3n) is 11.1. The fourth-order valence-electron chi connectivity index (χ4n) is 7.28. The Kier molecular flexibility index (Phi) is 38.6. The molecule has 0 spiro atoms. The van der Waals surface area contributed by atoms with Crippen molar-refractivity contribution in [3.8, 4) is 0 Å². The van der Waals surface area contributed by atoms with E-state index in [0.29, 0.717) is 23.9 Å². The maximum absolute atomic E-state index is 12.9. The molecule has 0 aromatic rings. The van der Waals surface area contributed by atoms with Gasteiger partial charge in [-0.25, -0.2) is 0 Å². The molecule has 0 fully saturated rings. The van der Waals surface area contributed by atoms with Gasteiger partial charge in [0.2, 0.25) is 5.91 Å². The maximum Gasteiger partial charge on any atom is 0.268 e. The van der Waals surface area contributed by atoms with Crippen molar-refractivity contribution in [3.63, 3.8) is 0 Å². The summed E-state index contributed by atoms with van der Waals surface area (Å²) in [5.41, 5.74) is 0. The quantitative estimate of drug-likeness (QED) is 0.0361. The number of phosphoric acid groups is 1. The molecule has 55 heavy (non-hydrogen) atoms. The number of phosphoric ester groups is 1. The van der Waals surface area contributed by atoms with E-state index in [9.17, 15) is 19.4 Å². The molecule has 0 bridgehead atoms. The standard InChI is InChI=1S/C46H95N2O6P/c1-6-8-10-12-14-16-18-20-22-24-25-27-29-31-33-35-37-39-45(49)44(43-54-55(51,52)53-42-41-48(3,4)5)47-46(50)40-38-36-34-32-30-28-26-23-21-19-17-15-13-11-9-7-2/h44-45,49H,6-43H2,1-5H3,(H-,47,50,51,52). The molecule has 0 saturated heterocycles. The largest absolute Gasteiger partial charge is 0.756 e. The number of carbonyl (C=O) groups is 1. The molecule has 0 radical (unpaired) electrons. The molecule has 330 valence electrons. The van der Waals surface area contributed by atoms with Gasteiger partial charge in [0.15, 0.2) is 0 Å². The van der Waals surface area contributed by atoms with Gasteiger partial charge < -0.3 is 28.8 Å². The molecule has 0 aromatic carbocycles. The number of nitrogens with zero attached hydrogens (tertiary/aromatic N) is 1. The number of quaternary nitrogens is 1. The molecule has 0 heterocycles. The minimum absolute atomic E-state index is 0.0162. The van der Waals surface area contributed by atoms with E-state index in [-0.39, 0.29) is 19.1 Å². The van der Waals surface area contributed by atoms with Gasteiger partial charge in [-0.1, -0.05) is 219 Å². The van der Waals surface area contributed by atoms with E-state index < -0.39 is 20.0 Å². The summed E-state index contributed by atoms with van der Waals surface area (Å²) in [5.74, 6) is -0.160. The number of aliphatic hydroxyl groups excluding tert-OH is 1. The molecule has 8 nitrogen and oxygen atoms in total. The molecule has 3 atom stereocenters. The van der Waals surface area contributed by atoms with Gasteiger partial charge in [0.05, 0.1) is 39.9 Å². The van der Waals surface area contributed by atoms with Crippen molar-refractivity contribution in [2.75, 3.05) is 40.9 Å². The minimum atomic E-state index is -4.56. The van der Waals surface area contributed by atoms with Crippen LogP contribution in [0.2, 0.25) is 0 Å². The van der Waals surface area contributed by atoms with E-state index in [2.05, 4.69) is 19.2 Å². The Morgan fingerprint density at radius 3 is 1.24 bits per heavy atom. The molecule has 0 aliphatic heterocycles. The molecule has 9 heteroatoms. The van der Waals surface area contributed by atoms with Crippen LogP contribution in [0.4, 0.5) is 0 Å². The van der Waals surface area contributed by atoms with Crippen molar-refractivity contribution >= 4 is 13.7 Å². The number of amides is 1. The van der Waals surface area contributed by atoms with E-state index >= 15 is 0 Å². The van der Waals surface area contributed by atoms with Gasteiger partial charge in [0.25, 0.3) is 7.82 Å². The molecule has 0 saturated carbocycles. The Bertz CT molecular complexity index is 870. The first-order chi connectivity index (χ1) is 26.5. The first-order valence-corrected chi connectivity index (χ1v) is 25.3. The highest BCUT2D eigenvalue weighted by Gasteiger charge is 2.24. The van der Waals surface area contributed by atoms with Gasteiger partial charge in [-0.05, 0) is 12.8 Å². The van der Waals surface area contributed by atoms with E-state index in [1.54, 1.807) is 0 Å². The lowest BCUT2D eigenvalue weighted by molar-refractivity contribution is -0.870. The number of carbonyl (C=O) groups excluding carboxylic acids is 1. The van der Waals surface area contributed by atoms with Crippen LogP contribution in [0.1, 0.15) is 239 Å². The summed E-state index contributed by atoms with van der Waals surface area (Å²) < 4.78 is 23.3. The Balaban J connectivity index is 4.29.